The van der Waals surface area contributed by atoms with Gasteiger partial charge in [0.1, 0.15) is 0 Å². The molecule has 3 nitrogen and oxygen atoms in total. The van der Waals surface area contributed by atoms with Gasteiger partial charge in [0.2, 0.25) is 5.91 Å². The maximum absolute atomic E-state index is 12.9. The fraction of sp³-hybridized carbons (Fsp3) is 0.611. The monoisotopic (exact) mass is 288 g/mol. The summed E-state index contributed by atoms with van der Waals surface area (Å²) in [6.07, 6.45) is 5.28. The molecule has 2 rings (SSSR count). The van der Waals surface area contributed by atoms with Crippen LogP contribution >= 0.6 is 0 Å². The molecule has 0 spiro atoms. The predicted molar refractivity (Wildman–Crippen MR) is 89.3 cm³/mol. The Morgan fingerprint density at radius 3 is 2.38 bits per heavy atom. The van der Waals surface area contributed by atoms with Gasteiger partial charge < -0.3 is 11.1 Å². The van der Waals surface area contributed by atoms with Crippen molar-refractivity contribution in [1.29, 1.82) is 0 Å². The number of carbonyl (C=O) groups is 1. The first-order valence-electron chi connectivity index (χ1n) is 8.02. The Morgan fingerprint density at radius 2 is 1.81 bits per heavy atom. The maximum Gasteiger partial charge on any atom is 0.230 e. The van der Waals surface area contributed by atoms with Crippen LogP contribution in [0.5, 0.6) is 0 Å². The largest absolute Gasteiger partial charge is 0.397 e. The number of nitrogens with one attached hydrogen (secondary N) is 1. The van der Waals surface area contributed by atoms with Crippen LogP contribution in [0.4, 0.5) is 11.4 Å². The van der Waals surface area contributed by atoms with Crippen molar-refractivity contribution in [3.8, 4) is 0 Å². The summed E-state index contributed by atoms with van der Waals surface area (Å²) in [7, 11) is 0. The number of nitrogen functional groups attached to an aromatic ring is 1. The second-order valence-electron chi connectivity index (χ2n) is 7.06. The number of rotatable bonds is 4. The van der Waals surface area contributed by atoms with E-state index in [0.717, 1.165) is 48.9 Å². The van der Waals surface area contributed by atoms with Crippen molar-refractivity contribution in [3.63, 3.8) is 0 Å². The van der Waals surface area contributed by atoms with Gasteiger partial charge in [-0.15, -0.1) is 0 Å². The minimum absolute atomic E-state index is 0.156. The smallest absolute Gasteiger partial charge is 0.230 e. The van der Waals surface area contributed by atoms with Gasteiger partial charge in [-0.2, -0.15) is 0 Å². The first kappa shape index (κ1) is 15.9. The second-order valence-corrected chi connectivity index (χ2v) is 7.06. The molecule has 1 fully saturated rings. The van der Waals surface area contributed by atoms with Crippen molar-refractivity contribution in [3.05, 3.63) is 23.3 Å². The molecular weight excluding hydrogens is 260 g/mol. The number of hydrogen-bond acceptors (Lipinski definition) is 2. The molecule has 116 valence electrons. The van der Waals surface area contributed by atoms with Crippen LogP contribution < -0.4 is 11.1 Å². The van der Waals surface area contributed by atoms with Crippen molar-refractivity contribution >= 4 is 17.3 Å². The zero-order valence-corrected chi connectivity index (χ0v) is 13.8. The van der Waals surface area contributed by atoms with Crippen LogP contribution in [-0.4, -0.2) is 5.91 Å². The molecule has 0 radical (unpaired) electrons. The van der Waals surface area contributed by atoms with Gasteiger partial charge in [-0.1, -0.05) is 26.7 Å². The van der Waals surface area contributed by atoms with E-state index in [1.165, 1.54) is 0 Å². The summed E-state index contributed by atoms with van der Waals surface area (Å²) in [6, 6.07) is 3.93. The highest BCUT2D eigenvalue weighted by atomic mass is 16.2. The van der Waals surface area contributed by atoms with Crippen molar-refractivity contribution < 1.29 is 4.79 Å². The highest BCUT2D eigenvalue weighted by Gasteiger charge is 2.41. The summed E-state index contributed by atoms with van der Waals surface area (Å²) in [4.78, 5) is 12.9. The van der Waals surface area contributed by atoms with Gasteiger partial charge in [0.05, 0.1) is 11.4 Å². The molecular formula is C18H28N2O. The van der Waals surface area contributed by atoms with Crippen molar-refractivity contribution in [1.82, 2.24) is 0 Å². The average Bonchev–Trinajstić information content (AvgIpc) is 2.84. The third-order valence-electron chi connectivity index (χ3n) is 4.76. The van der Waals surface area contributed by atoms with E-state index in [9.17, 15) is 4.79 Å². The maximum atomic E-state index is 12.9. The zero-order valence-electron chi connectivity index (χ0n) is 13.8. The lowest BCUT2D eigenvalue weighted by Gasteiger charge is -2.30. The van der Waals surface area contributed by atoms with Crippen LogP contribution in [0, 0.1) is 25.2 Å². The van der Waals surface area contributed by atoms with Crippen molar-refractivity contribution in [2.45, 2.75) is 59.8 Å². The summed E-state index contributed by atoms with van der Waals surface area (Å²) in [6.45, 7) is 8.47. The van der Waals surface area contributed by atoms with Crippen LogP contribution in [0.2, 0.25) is 0 Å². The molecule has 0 atom stereocenters. The molecule has 1 aromatic rings. The van der Waals surface area contributed by atoms with Crippen LogP contribution in [0.15, 0.2) is 12.1 Å². The first-order chi connectivity index (χ1) is 9.84. The molecule has 1 aliphatic carbocycles. The highest BCUT2D eigenvalue weighted by Crippen LogP contribution is 2.44. The minimum Gasteiger partial charge on any atom is -0.397 e. The van der Waals surface area contributed by atoms with Gasteiger partial charge in [0.25, 0.3) is 0 Å². The molecule has 1 amide bonds. The summed E-state index contributed by atoms with van der Waals surface area (Å²) >= 11 is 0. The quantitative estimate of drug-likeness (QED) is 0.805. The van der Waals surface area contributed by atoms with E-state index < -0.39 is 0 Å². The number of carbonyl (C=O) groups excluding carboxylic acids is 1. The van der Waals surface area contributed by atoms with E-state index in [1.807, 2.05) is 26.0 Å². The summed E-state index contributed by atoms with van der Waals surface area (Å²) < 4.78 is 0. The SMILES string of the molecule is Cc1cc(N)c(NC(=O)C2(CC(C)C)CCCC2)cc1C. The topological polar surface area (TPSA) is 55.1 Å². The van der Waals surface area contributed by atoms with Gasteiger partial charge in [0.15, 0.2) is 0 Å². The molecule has 0 heterocycles. The second kappa shape index (κ2) is 6.08. The van der Waals surface area contributed by atoms with E-state index in [1.54, 1.807) is 0 Å². The number of hydrogen-bond donors (Lipinski definition) is 2. The highest BCUT2D eigenvalue weighted by molar-refractivity contribution is 5.98. The lowest BCUT2D eigenvalue weighted by molar-refractivity contribution is -0.126. The Balaban J connectivity index is 2.21. The summed E-state index contributed by atoms with van der Waals surface area (Å²) in [5, 5.41) is 3.10. The van der Waals surface area contributed by atoms with E-state index >= 15 is 0 Å². The summed E-state index contributed by atoms with van der Waals surface area (Å²) in [5.74, 6) is 0.689. The van der Waals surface area contributed by atoms with Gasteiger partial charge in [0, 0.05) is 5.41 Å². The van der Waals surface area contributed by atoms with Gasteiger partial charge in [-0.25, -0.2) is 0 Å². The van der Waals surface area contributed by atoms with Gasteiger partial charge >= 0.3 is 0 Å². The van der Waals surface area contributed by atoms with E-state index in [4.69, 9.17) is 5.73 Å². The van der Waals surface area contributed by atoms with E-state index in [0.29, 0.717) is 11.6 Å². The zero-order chi connectivity index (χ0) is 15.6. The van der Waals surface area contributed by atoms with E-state index in [-0.39, 0.29) is 11.3 Å². The number of anilines is 2. The number of nitrogens with two attached hydrogens (primary N) is 1. The van der Waals surface area contributed by atoms with Crippen LogP contribution in [0.3, 0.4) is 0 Å². The van der Waals surface area contributed by atoms with E-state index in [2.05, 4.69) is 19.2 Å². The molecule has 0 aliphatic heterocycles. The lowest BCUT2D eigenvalue weighted by atomic mass is 9.77. The molecule has 0 unspecified atom stereocenters. The molecule has 1 saturated carbocycles. The normalized spacial score (nSPS) is 17.2. The molecule has 3 heteroatoms. The molecule has 0 aromatic heterocycles. The number of benzene rings is 1. The fourth-order valence-corrected chi connectivity index (χ4v) is 3.56. The van der Waals surface area contributed by atoms with Crippen molar-refractivity contribution in [2.75, 3.05) is 11.1 Å². The third-order valence-corrected chi connectivity index (χ3v) is 4.76. The Kier molecular flexibility index (Phi) is 4.60. The molecule has 0 bridgehead atoms. The standard InChI is InChI=1S/C18H28N2O/c1-12(2)11-18(7-5-6-8-18)17(21)20-16-10-14(4)13(3)9-15(16)19/h9-10,12H,5-8,11,19H2,1-4H3,(H,20,21). The van der Waals surface area contributed by atoms with Gasteiger partial charge in [-0.3, -0.25) is 4.79 Å². The average molecular weight is 288 g/mol. The predicted octanol–water partition coefficient (Wildman–Crippen LogP) is 4.43. The Morgan fingerprint density at radius 1 is 1.24 bits per heavy atom. The minimum atomic E-state index is -0.195. The van der Waals surface area contributed by atoms with Crippen LogP contribution in [-0.2, 0) is 4.79 Å². The Labute approximate surface area is 128 Å². The third kappa shape index (κ3) is 3.39. The molecule has 1 aromatic carbocycles. The molecule has 3 N–H and O–H groups in total. The summed E-state index contributed by atoms with van der Waals surface area (Å²) in [5.41, 5.74) is 9.60. The fourth-order valence-electron chi connectivity index (χ4n) is 3.56. The number of amides is 1. The number of aryl methyl sites for hydroxylation is 2. The molecule has 1 aliphatic rings. The van der Waals surface area contributed by atoms with Gasteiger partial charge in [-0.05, 0) is 62.3 Å². The molecule has 0 saturated heterocycles. The Hall–Kier alpha value is -1.51. The van der Waals surface area contributed by atoms with Crippen LogP contribution in [0.1, 0.15) is 57.1 Å². The van der Waals surface area contributed by atoms with Crippen LogP contribution in [0.25, 0.3) is 0 Å². The molecule has 21 heavy (non-hydrogen) atoms. The first-order valence-corrected chi connectivity index (χ1v) is 8.02. The lowest BCUT2D eigenvalue weighted by Crippen LogP contribution is -2.35. The van der Waals surface area contributed by atoms with Crippen molar-refractivity contribution in [2.24, 2.45) is 11.3 Å². The Bertz CT molecular complexity index is 528.